The SMILES string of the molecule is CC(C(=O)O)[N+]1=C=Nc2ccccc21. The lowest BCUT2D eigenvalue weighted by Crippen LogP contribution is -2.26. The normalized spacial score (nSPS) is 14.8. The van der Waals surface area contributed by atoms with Gasteiger partial charge >= 0.3 is 12.0 Å². The molecule has 1 unspecified atom stereocenters. The molecule has 0 aliphatic carbocycles. The van der Waals surface area contributed by atoms with Crippen molar-refractivity contribution >= 4 is 23.4 Å². The van der Waals surface area contributed by atoms with E-state index < -0.39 is 12.0 Å². The Labute approximate surface area is 80.8 Å². The Morgan fingerprint density at radius 3 is 3.00 bits per heavy atom. The molecule has 0 bridgehead atoms. The van der Waals surface area contributed by atoms with Gasteiger partial charge in [0.25, 0.3) is 0 Å². The van der Waals surface area contributed by atoms with Crippen molar-refractivity contribution in [3.63, 3.8) is 0 Å². The van der Waals surface area contributed by atoms with Gasteiger partial charge in [0.15, 0.2) is 5.69 Å². The maximum absolute atomic E-state index is 10.8. The molecule has 1 heterocycles. The molecule has 14 heavy (non-hydrogen) atoms. The number of carbonyl (C=O) groups is 1. The van der Waals surface area contributed by atoms with Gasteiger partial charge in [0.05, 0.1) is 0 Å². The van der Waals surface area contributed by atoms with E-state index in [0.29, 0.717) is 0 Å². The molecule has 0 spiro atoms. The zero-order valence-electron chi connectivity index (χ0n) is 7.64. The summed E-state index contributed by atoms with van der Waals surface area (Å²) in [5.41, 5.74) is 1.56. The summed E-state index contributed by atoms with van der Waals surface area (Å²) in [6.45, 7) is 1.60. The third-order valence-corrected chi connectivity index (χ3v) is 2.16. The molecule has 0 saturated carbocycles. The third-order valence-electron chi connectivity index (χ3n) is 2.16. The van der Waals surface area contributed by atoms with Crippen LogP contribution in [0.3, 0.4) is 0 Å². The van der Waals surface area contributed by atoms with Crippen LogP contribution in [-0.2, 0) is 4.79 Å². The number of fused-ring (bicyclic) bond motifs is 1. The van der Waals surface area contributed by atoms with E-state index in [-0.39, 0.29) is 0 Å². The summed E-state index contributed by atoms with van der Waals surface area (Å²) in [5.74, 6) is -0.885. The van der Waals surface area contributed by atoms with Crippen LogP contribution in [0.4, 0.5) is 11.4 Å². The molecule has 4 nitrogen and oxygen atoms in total. The second kappa shape index (κ2) is 3.09. The topological polar surface area (TPSA) is 52.7 Å². The first-order valence-electron chi connectivity index (χ1n) is 4.27. The lowest BCUT2D eigenvalue weighted by molar-refractivity contribution is -0.459. The van der Waals surface area contributed by atoms with Crippen LogP contribution in [0.5, 0.6) is 0 Å². The van der Waals surface area contributed by atoms with Crippen molar-refractivity contribution < 1.29 is 14.5 Å². The molecule has 70 valence electrons. The molecule has 1 N–H and O–H groups in total. The second-order valence-electron chi connectivity index (χ2n) is 3.08. The Hall–Kier alpha value is -1.93. The lowest BCUT2D eigenvalue weighted by atomic mass is 10.2. The van der Waals surface area contributed by atoms with Crippen LogP contribution in [0.2, 0.25) is 0 Å². The fourth-order valence-electron chi connectivity index (χ4n) is 1.33. The van der Waals surface area contributed by atoms with Crippen molar-refractivity contribution in [3.05, 3.63) is 24.3 Å². The number of benzene rings is 1. The quantitative estimate of drug-likeness (QED) is 0.719. The summed E-state index contributed by atoms with van der Waals surface area (Å²) in [6.07, 6.45) is 0. The van der Waals surface area contributed by atoms with Gasteiger partial charge in [-0.05, 0) is 19.1 Å². The number of aliphatic carboxylic acids is 1. The van der Waals surface area contributed by atoms with Crippen LogP contribution < -0.4 is 0 Å². The van der Waals surface area contributed by atoms with Crippen molar-refractivity contribution in [2.75, 3.05) is 0 Å². The highest BCUT2D eigenvalue weighted by atomic mass is 16.4. The fourth-order valence-corrected chi connectivity index (χ4v) is 1.33. The number of aliphatic imine (C=N–C) groups is 1. The Balaban J connectivity index is 2.43. The van der Waals surface area contributed by atoms with E-state index in [1.165, 1.54) is 4.58 Å². The molecule has 2 rings (SSSR count). The van der Waals surface area contributed by atoms with Gasteiger partial charge in [0.1, 0.15) is 0 Å². The first-order chi connectivity index (χ1) is 6.70. The zero-order chi connectivity index (χ0) is 10.1. The number of hydrogen-bond acceptors (Lipinski definition) is 2. The second-order valence-corrected chi connectivity index (χ2v) is 3.08. The predicted octanol–water partition coefficient (Wildman–Crippen LogP) is 1.62. The molecule has 1 aromatic rings. The Morgan fingerprint density at radius 1 is 1.57 bits per heavy atom. The van der Waals surface area contributed by atoms with E-state index in [4.69, 9.17) is 5.11 Å². The largest absolute Gasteiger partial charge is 0.478 e. The number of para-hydroxylation sites is 2. The van der Waals surface area contributed by atoms with Gasteiger partial charge in [-0.2, -0.15) is 4.58 Å². The maximum atomic E-state index is 10.8. The van der Waals surface area contributed by atoms with Crippen molar-refractivity contribution in [1.29, 1.82) is 0 Å². The van der Waals surface area contributed by atoms with Gasteiger partial charge in [-0.3, -0.25) is 0 Å². The summed E-state index contributed by atoms with van der Waals surface area (Å²) in [6, 6.07) is 9.42. The molecular weight excluding hydrogens is 180 g/mol. The van der Waals surface area contributed by atoms with E-state index in [9.17, 15) is 4.79 Å². The number of rotatable bonds is 2. The van der Waals surface area contributed by atoms with Gasteiger partial charge in [0.2, 0.25) is 11.7 Å². The van der Waals surface area contributed by atoms with Gasteiger partial charge in [-0.1, -0.05) is 12.1 Å². The van der Waals surface area contributed by atoms with E-state index >= 15 is 0 Å². The minimum Gasteiger partial charge on any atom is -0.478 e. The molecule has 1 aliphatic heterocycles. The van der Waals surface area contributed by atoms with E-state index in [0.717, 1.165) is 11.4 Å². The highest BCUT2D eigenvalue weighted by molar-refractivity contribution is 5.75. The average Bonchev–Trinajstić information content (AvgIpc) is 2.60. The molecule has 0 aromatic heterocycles. The van der Waals surface area contributed by atoms with Crippen molar-refractivity contribution in [3.8, 4) is 0 Å². The van der Waals surface area contributed by atoms with Crippen LogP contribution in [0, 0.1) is 0 Å². The summed E-state index contributed by atoms with van der Waals surface area (Å²) >= 11 is 0. The highest BCUT2D eigenvalue weighted by Gasteiger charge is 2.28. The molecule has 4 heteroatoms. The number of nitrogens with zero attached hydrogens (tertiary/aromatic N) is 2. The number of hydrogen-bond donors (Lipinski definition) is 1. The van der Waals surface area contributed by atoms with Gasteiger partial charge in [-0.25, -0.2) is 4.79 Å². The van der Waals surface area contributed by atoms with Gasteiger partial charge < -0.3 is 5.11 Å². The zero-order valence-corrected chi connectivity index (χ0v) is 7.64. The summed E-state index contributed by atoms with van der Waals surface area (Å²) < 4.78 is 1.53. The number of carboxylic acids is 1. The summed E-state index contributed by atoms with van der Waals surface area (Å²) in [5, 5.41) is 8.84. The summed E-state index contributed by atoms with van der Waals surface area (Å²) in [7, 11) is 0. The van der Waals surface area contributed by atoms with Gasteiger partial charge in [0, 0.05) is 4.99 Å². The standard InChI is InChI=1S/C10H8N2O2/c1-7(10(13)14)12-6-11-8-4-2-3-5-9(8)12/h2-5,7H,1H3/p+1. The average molecular weight is 189 g/mol. The van der Waals surface area contributed by atoms with Crippen molar-refractivity contribution in [2.45, 2.75) is 13.0 Å². The van der Waals surface area contributed by atoms with E-state index in [1.807, 2.05) is 24.3 Å². The Morgan fingerprint density at radius 2 is 2.29 bits per heavy atom. The lowest BCUT2D eigenvalue weighted by Gasteiger charge is -2.04. The van der Waals surface area contributed by atoms with Crippen LogP contribution in [0.15, 0.2) is 29.3 Å². The van der Waals surface area contributed by atoms with Crippen molar-refractivity contribution in [2.24, 2.45) is 4.99 Å². The minimum atomic E-state index is -0.885. The minimum absolute atomic E-state index is 0.637. The van der Waals surface area contributed by atoms with Crippen LogP contribution in [-0.4, -0.2) is 27.7 Å². The molecule has 1 atom stereocenters. The molecule has 0 saturated heterocycles. The summed E-state index contributed by atoms with van der Waals surface area (Å²) in [4.78, 5) is 14.8. The third kappa shape index (κ3) is 1.22. The molecule has 0 radical (unpaired) electrons. The highest BCUT2D eigenvalue weighted by Crippen LogP contribution is 2.30. The molecule has 0 fully saturated rings. The number of carboxylic acid groups (broad SMARTS) is 1. The maximum Gasteiger partial charge on any atom is 0.349 e. The van der Waals surface area contributed by atoms with Crippen molar-refractivity contribution in [1.82, 2.24) is 0 Å². The fraction of sp³-hybridized carbons (Fsp3) is 0.200. The smallest absolute Gasteiger partial charge is 0.349 e. The predicted molar refractivity (Wildman–Crippen MR) is 50.6 cm³/mol. The monoisotopic (exact) mass is 189 g/mol. The first kappa shape index (κ1) is 8.66. The molecule has 0 amide bonds. The van der Waals surface area contributed by atoms with E-state index in [1.54, 1.807) is 6.92 Å². The Bertz CT molecular complexity index is 459. The van der Waals surface area contributed by atoms with Crippen LogP contribution >= 0.6 is 0 Å². The first-order valence-corrected chi connectivity index (χ1v) is 4.27. The molecular formula is C10H9N2O2+. The Kier molecular flexibility index (Phi) is 1.91. The van der Waals surface area contributed by atoms with E-state index in [2.05, 4.69) is 11.0 Å². The van der Waals surface area contributed by atoms with Gasteiger partial charge in [-0.15, -0.1) is 0 Å². The van der Waals surface area contributed by atoms with Crippen LogP contribution in [0.1, 0.15) is 6.92 Å². The van der Waals surface area contributed by atoms with Crippen LogP contribution in [0.25, 0.3) is 0 Å². The molecule has 1 aromatic carbocycles. The molecule has 1 aliphatic rings.